The van der Waals surface area contributed by atoms with Crippen LogP contribution < -0.4 is 4.89 Å². The van der Waals surface area contributed by atoms with Gasteiger partial charge in [0.25, 0.3) is 7.82 Å². The number of allylic oxidation sites excluding steroid dienone is 4. The molecule has 0 aliphatic heterocycles. The monoisotopic (exact) mass is 716 g/mol. The lowest BCUT2D eigenvalue weighted by Gasteiger charge is -2.28. The molecule has 0 aliphatic rings. The van der Waals surface area contributed by atoms with E-state index in [1.54, 1.807) is 0 Å². The summed E-state index contributed by atoms with van der Waals surface area (Å²) >= 11 is 0. The van der Waals surface area contributed by atoms with Gasteiger partial charge < -0.3 is 27.9 Å². The summed E-state index contributed by atoms with van der Waals surface area (Å²) in [6.45, 7) is 4.15. The molecule has 0 saturated carbocycles. The summed E-state index contributed by atoms with van der Waals surface area (Å²) < 4.78 is 33.7. The SMILES string of the molecule is CCCC/C=C\C/C=C\CCCCCCCC(=O)OC[C@H](COP(=O)([O-])OCC[N+](C)(C)C)OC(=O)CCCCCCCCCCCCC. The van der Waals surface area contributed by atoms with Gasteiger partial charge in [-0.05, 0) is 38.5 Å². The number of esters is 2. The average molecular weight is 716 g/mol. The van der Waals surface area contributed by atoms with Crippen LogP contribution in [0.1, 0.15) is 162 Å². The molecule has 0 bridgehead atoms. The molecule has 0 fully saturated rings. The molecule has 0 radical (unpaired) electrons. The fourth-order valence-corrected chi connectivity index (χ4v) is 5.81. The van der Waals surface area contributed by atoms with Crippen molar-refractivity contribution in [3.05, 3.63) is 24.3 Å². The normalized spacial score (nSPS) is 14.0. The van der Waals surface area contributed by atoms with Crippen molar-refractivity contribution in [3.63, 3.8) is 0 Å². The minimum Gasteiger partial charge on any atom is -0.756 e. The lowest BCUT2D eigenvalue weighted by Crippen LogP contribution is -2.37. The summed E-state index contributed by atoms with van der Waals surface area (Å²) in [5, 5.41) is 0. The van der Waals surface area contributed by atoms with Gasteiger partial charge in [0.2, 0.25) is 0 Å². The average Bonchev–Trinajstić information content (AvgIpc) is 3.04. The molecular formula is C39H74NO8P. The highest BCUT2D eigenvalue weighted by atomic mass is 31.2. The second-order valence-electron chi connectivity index (χ2n) is 14.3. The number of phosphoric acid groups is 1. The largest absolute Gasteiger partial charge is 0.756 e. The van der Waals surface area contributed by atoms with E-state index < -0.39 is 32.5 Å². The van der Waals surface area contributed by atoms with E-state index in [0.717, 1.165) is 64.2 Å². The predicted molar refractivity (Wildman–Crippen MR) is 199 cm³/mol. The molecule has 288 valence electrons. The van der Waals surface area contributed by atoms with E-state index in [0.29, 0.717) is 23.9 Å². The number of hydrogen-bond donors (Lipinski definition) is 0. The molecule has 0 saturated heterocycles. The topological polar surface area (TPSA) is 111 Å². The third-order valence-corrected chi connectivity index (χ3v) is 9.19. The minimum atomic E-state index is -4.62. The number of phosphoric ester groups is 1. The van der Waals surface area contributed by atoms with E-state index in [2.05, 4.69) is 38.2 Å². The Morgan fingerprint density at radius 3 is 1.67 bits per heavy atom. The number of hydrogen-bond acceptors (Lipinski definition) is 8. The number of nitrogens with zero attached hydrogens (tertiary/aromatic N) is 1. The first-order valence-electron chi connectivity index (χ1n) is 19.5. The van der Waals surface area contributed by atoms with Gasteiger partial charge in [-0.1, -0.05) is 134 Å². The molecule has 9 nitrogen and oxygen atoms in total. The molecule has 10 heteroatoms. The third-order valence-electron chi connectivity index (χ3n) is 8.22. The Hall–Kier alpha value is -1.51. The summed E-state index contributed by atoms with van der Waals surface area (Å²) in [5.74, 6) is -0.851. The number of unbranched alkanes of at least 4 members (excludes halogenated alkanes) is 17. The van der Waals surface area contributed by atoms with Gasteiger partial charge in [-0.3, -0.25) is 14.2 Å². The number of ether oxygens (including phenoxy) is 2. The van der Waals surface area contributed by atoms with Gasteiger partial charge in [0.15, 0.2) is 6.10 Å². The van der Waals surface area contributed by atoms with Crippen LogP contribution in [0.15, 0.2) is 24.3 Å². The van der Waals surface area contributed by atoms with Crippen LogP contribution in [0.3, 0.4) is 0 Å². The predicted octanol–water partition coefficient (Wildman–Crippen LogP) is 9.77. The van der Waals surface area contributed by atoms with Crippen LogP contribution in [0, 0.1) is 0 Å². The second-order valence-corrected chi connectivity index (χ2v) is 15.7. The highest BCUT2D eigenvalue weighted by Gasteiger charge is 2.21. The molecule has 0 rings (SSSR count). The molecule has 0 N–H and O–H groups in total. The summed E-state index contributed by atoms with van der Waals surface area (Å²) in [5.41, 5.74) is 0. The zero-order chi connectivity index (χ0) is 36.5. The Balaban J connectivity index is 4.44. The first-order valence-corrected chi connectivity index (χ1v) is 21.0. The molecule has 0 heterocycles. The van der Waals surface area contributed by atoms with Gasteiger partial charge in [0.1, 0.15) is 19.8 Å². The smallest absolute Gasteiger partial charge is 0.306 e. The Kier molecular flexibility index (Phi) is 31.4. The standard InChI is InChI=1S/C39H74NO8P/c1-6-8-10-12-14-16-18-19-20-22-23-25-27-29-31-38(41)45-35-37(36-47-49(43,44)46-34-33-40(3,4)5)48-39(42)32-30-28-26-24-21-17-15-13-11-9-7-2/h12,14,18-19,37H,6-11,13,15-17,20-36H2,1-5H3/b14-12-,19-18-/t37-/m1/s1. The van der Waals surface area contributed by atoms with Crippen LogP contribution >= 0.6 is 7.82 Å². The molecular weight excluding hydrogens is 641 g/mol. The van der Waals surface area contributed by atoms with Crippen molar-refractivity contribution in [2.45, 2.75) is 168 Å². The maximum absolute atomic E-state index is 12.6. The molecule has 0 spiro atoms. The molecule has 49 heavy (non-hydrogen) atoms. The van der Waals surface area contributed by atoms with Crippen LogP contribution in [0.25, 0.3) is 0 Å². The van der Waals surface area contributed by atoms with Crippen molar-refractivity contribution in [1.29, 1.82) is 0 Å². The number of carbonyl (C=O) groups is 2. The fourth-order valence-electron chi connectivity index (χ4n) is 5.08. The van der Waals surface area contributed by atoms with Crippen molar-refractivity contribution in [2.75, 3.05) is 47.5 Å². The highest BCUT2D eigenvalue weighted by Crippen LogP contribution is 2.38. The highest BCUT2D eigenvalue weighted by molar-refractivity contribution is 7.45. The number of quaternary nitrogens is 1. The molecule has 0 aromatic carbocycles. The van der Waals surface area contributed by atoms with Gasteiger partial charge in [-0.2, -0.15) is 0 Å². The molecule has 0 aromatic rings. The van der Waals surface area contributed by atoms with Gasteiger partial charge in [0, 0.05) is 12.8 Å². The molecule has 0 aliphatic carbocycles. The molecule has 2 atom stereocenters. The Bertz CT molecular complexity index is 902. The summed E-state index contributed by atoms with van der Waals surface area (Å²) in [6.07, 6.45) is 32.0. The zero-order valence-corrected chi connectivity index (χ0v) is 33.0. The molecule has 0 aromatic heterocycles. The summed E-state index contributed by atoms with van der Waals surface area (Å²) in [7, 11) is 1.16. The van der Waals surface area contributed by atoms with Crippen molar-refractivity contribution in [2.24, 2.45) is 0 Å². The second kappa shape index (κ2) is 32.4. The van der Waals surface area contributed by atoms with E-state index in [4.69, 9.17) is 18.5 Å². The maximum atomic E-state index is 12.6. The Morgan fingerprint density at radius 1 is 0.633 bits per heavy atom. The van der Waals surface area contributed by atoms with Crippen molar-refractivity contribution in [1.82, 2.24) is 0 Å². The van der Waals surface area contributed by atoms with E-state index in [-0.39, 0.29) is 26.1 Å². The number of rotatable bonds is 35. The zero-order valence-electron chi connectivity index (χ0n) is 32.1. The lowest BCUT2D eigenvalue weighted by atomic mass is 10.1. The molecule has 1 unspecified atom stereocenters. The first kappa shape index (κ1) is 47.5. The van der Waals surface area contributed by atoms with Crippen molar-refractivity contribution in [3.8, 4) is 0 Å². The first-order chi connectivity index (χ1) is 23.5. The van der Waals surface area contributed by atoms with Crippen LogP contribution in [-0.4, -0.2) is 70.0 Å². The molecule has 0 amide bonds. The Morgan fingerprint density at radius 2 is 1.12 bits per heavy atom. The minimum absolute atomic E-state index is 0.0317. The van der Waals surface area contributed by atoms with Crippen LogP contribution in [-0.2, 0) is 32.7 Å². The quantitative estimate of drug-likeness (QED) is 0.0210. The van der Waals surface area contributed by atoms with Crippen LogP contribution in [0.2, 0.25) is 0 Å². The fraction of sp³-hybridized carbons (Fsp3) is 0.846. The van der Waals surface area contributed by atoms with E-state index >= 15 is 0 Å². The number of likely N-dealkylation sites (N-methyl/N-ethyl adjacent to an activating group) is 1. The van der Waals surface area contributed by atoms with Gasteiger partial charge in [0.05, 0.1) is 27.7 Å². The van der Waals surface area contributed by atoms with Gasteiger partial charge >= 0.3 is 11.9 Å². The Labute approximate surface area is 300 Å². The number of carbonyl (C=O) groups excluding carboxylic acids is 2. The van der Waals surface area contributed by atoms with Crippen LogP contribution in [0.5, 0.6) is 0 Å². The van der Waals surface area contributed by atoms with Gasteiger partial charge in [-0.25, -0.2) is 0 Å². The van der Waals surface area contributed by atoms with Crippen molar-refractivity contribution >= 4 is 19.8 Å². The van der Waals surface area contributed by atoms with Gasteiger partial charge in [-0.15, -0.1) is 0 Å². The van der Waals surface area contributed by atoms with Crippen LogP contribution in [0.4, 0.5) is 0 Å². The van der Waals surface area contributed by atoms with E-state index in [1.807, 2.05) is 21.1 Å². The maximum Gasteiger partial charge on any atom is 0.306 e. The summed E-state index contributed by atoms with van der Waals surface area (Å²) in [4.78, 5) is 37.3. The summed E-state index contributed by atoms with van der Waals surface area (Å²) in [6, 6.07) is 0. The van der Waals surface area contributed by atoms with E-state index in [9.17, 15) is 19.0 Å². The van der Waals surface area contributed by atoms with Crippen molar-refractivity contribution < 1.29 is 42.1 Å². The van der Waals surface area contributed by atoms with E-state index in [1.165, 1.54) is 57.8 Å². The third kappa shape index (κ3) is 36.1. The lowest BCUT2D eigenvalue weighted by molar-refractivity contribution is -0.870.